The zero-order valence-electron chi connectivity index (χ0n) is 13.7. The van der Waals surface area contributed by atoms with Gasteiger partial charge in [0, 0.05) is 38.3 Å². The smallest absolute Gasteiger partial charge is 0.317 e. The molecule has 1 N–H and O–H groups in total. The Hall–Kier alpha value is -2.11. The van der Waals surface area contributed by atoms with Crippen molar-refractivity contribution in [1.29, 1.82) is 0 Å². The van der Waals surface area contributed by atoms with Crippen LogP contribution in [0.3, 0.4) is 0 Å². The maximum atomic E-state index is 13.0. The molecular weight excluding hydrogens is 297 g/mol. The summed E-state index contributed by atoms with van der Waals surface area (Å²) >= 11 is 0. The molecule has 0 bridgehead atoms. The number of halogens is 1. The lowest BCUT2D eigenvalue weighted by atomic mass is 10.2. The van der Waals surface area contributed by atoms with Crippen molar-refractivity contribution in [3.63, 3.8) is 0 Å². The van der Waals surface area contributed by atoms with Crippen molar-refractivity contribution >= 4 is 11.9 Å². The summed E-state index contributed by atoms with van der Waals surface area (Å²) in [5.74, 6) is -0.0673. The molecule has 3 amide bonds. The van der Waals surface area contributed by atoms with Crippen molar-refractivity contribution in [3.8, 4) is 0 Å². The van der Waals surface area contributed by atoms with Crippen molar-refractivity contribution in [2.75, 3.05) is 32.7 Å². The Balaban J connectivity index is 1.91. The van der Waals surface area contributed by atoms with Crippen LogP contribution in [0.15, 0.2) is 24.3 Å². The van der Waals surface area contributed by atoms with E-state index in [-0.39, 0.29) is 17.8 Å². The lowest BCUT2D eigenvalue weighted by molar-refractivity contribution is 0.0762. The van der Waals surface area contributed by atoms with Crippen LogP contribution in [-0.2, 0) is 0 Å². The van der Waals surface area contributed by atoms with Crippen LogP contribution in [0.25, 0.3) is 0 Å². The van der Waals surface area contributed by atoms with E-state index in [0.29, 0.717) is 44.2 Å². The topological polar surface area (TPSA) is 52.7 Å². The Kier molecular flexibility index (Phi) is 5.96. The number of urea groups is 1. The minimum atomic E-state index is -0.356. The third-order valence-corrected chi connectivity index (χ3v) is 3.82. The van der Waals surface area contributed by atoms with E-state index < -0.39 is 0 Å². The molecule has 1 aliphatic heterocycles. The molecule has 1 aliphatic rings. The molecule has 1 aromatic carbocycles. The van der Waals surface area contributed by atoms with Gasteiger partial charge in [-0.2, -0.15) is 0 Å². The average Bonchev–Trinajstić information content (AvgIpc) is 2.78. The Morgan fingerprint density at radius 1 is 1.09 bits per heavy atom. The first-order valence-corrected chi connectivity index (χ1v) is 8.05. The molecule has 0 aliphatic carbocycles. The lowest BCUT2D eigenvalue weighted by Crippen LogP contribution is -2.43. The van der Waals surface area contributed by atoms with Crippen molar-refractivity contribution in [1.82, 2.24) is 15.1 Å². The molecule has 2 rings (SSSR count). The number of nitrogens with one attached hydrogen (secondary N) is 1. The number of benzene rings is 1. The fourth-order valence-electron chi connectivity index (χ4n) is 2.50. The van der Waals surface area contributed by atoms with Crippen LogP contribution in [-0.4, -0.2) is 54.5 Å². The summed E-state index contributed by atoms with van der Waals surface area (Å²) in [6.07, 6.45) is 0.738. The van der Waals surface area contributed by atoms with Crippen LogP contribution in [0.2, 0.25) is 0 Å². The zero-order chi connectivity index (χ0) is 16.8. The van der Waals surface area contributed by atoms with E-state index in [4.69, 9.17) is 0 Å². The van der Waals surface area contributed by atoms with Gasteiger partial charge in [0.25, 0.3) is 5.91 Å². The highest BCUT2D eigenvalue weighted by Gasteiger charge is 2.22. The second kappa shape index (κ2) is 7.94. The van der Waals surface area contributed by atoms with Gasteiger partial charge in [0.1, 0.15) is 5.82 Å². The van der Waals surface area contributed by atoms with E-state index in [9.17, 15) is 14.0 Å². The minimum absolute atomic E-state index is 0.0743. The molecule has 6 heteroatoms. The fourth-order valence-corrected chi connectivity index (χ4v) is 2.50. The van der Waals surface area contributed by atoms with Gasteiger partial charge in [-0.3, -0.25) is 4.79 Å². The minimum Gasteiger partial charge on any atom is -0.338 e. The van der Waals surface area contributed by atoms with Crippen LogP contribution in [0.1, 0.15) is 30.6 Å². The normalized spacial score (nSPS) is 15.5. The van der Waals surface area contributed by atoms with E-state index in [0.717, 1.165) is 6.42 Å². The van der Waals surface area contributed by atoms with Gasteiger partial charge in [-0.05, 0) is 36.6 Å². The number of carbonyl (C=O) groups is 2. The van der Waals surface area contributed by atoms with Gasteiger partial charge in [-0.1, -0.05) is 13.8 Å². The summed E-state index contributed by atoms with van der Waals surface area (Å²) in [6, 6.07) is 5.49. The largest absolute Gasteiger partial charge is 0.338 e. The van der Waals surface area contributed by atoms with Crippen molar-refractivity contribution in [3.05, 3.63) is 35.6 Å². The second-order valence-corrected chi connectivity index (χ2v) is 6.22. The first-order valence-electron chi connectivity index (χ1n) is 8.05. The van der Waals surface area contributed by atoms with Gasteiger partial charge in [0.05, 0.1) is 0 Å². The molecule has 1 heterocycles. The van der Waals surface area contributed by atoms with Crippen molar-refractivity contribution in [2.24, 2.45) is 5.92 Å². The number of hydrogen-bond acceptors (Lipinski definition) is 2. The van der Waals surface area contributed by atoms with E-state index in [1.54, 1.807) is 9.80 Å². The van der Waals surface area contributed by atoms with Crippen molar-refractivity contribution in [2.45, 2.75) is 20.3 Å². The SMILES string of the molecule is CC(C)CNC(=O)N1CCCN(C(=O)c2ccc(F)cc2)CC1. The highest BCUT2D eigenvalue weighted by Crippen LogP contribution is 2.10. The number of nitrogens with zero attached hydrogens (tertiary/aromatic N) is 2. The maximum absolute atomic E-state index is 13.0. The van der Waals surface area contributed by atoms with E-state index in [1.807, 2.05) is 13.8 Å². The summed E-state index contributed by atoms with van der Waals surface area (Å²) in [7, 11) is 0. The number of carbonyl (C=O) groups excluding carboxylic acids is 2. The van der Waals surface area contributed by atoms with Crippen LogP contribution in [0, 0.1) is 11.7 Å². The molecular formula is C17H24FN3O2. The summed E-state index contributed by atoms with van der Waals surface area (Å²) in [5.41, 5.74) is 0.476. The van der Waals surface area contributed by atoms with Crippen LogP contribution < -0.4 is 5.32 Å². The molecule has 126 valence electrons. The molecule has 0 atom stereocenters. The van der Waals surface area contributed by atoms with Gasteiger partial charge < -0.3 is 15.1 Å². The first kappa shape index (κ1) is 17.2. The molecule has 0 aromatic heterocycles. The van der Waals surface area contributed by atoms with Gasteiger partial charge >= 0.3 is 6.03 Å². The molecule has 0 unspecified atom stereocenters. The predicted octanol–water partition coefficient (Wildman–Crippen LogP) is 2.34. The zero-order valence-corrected chi connectivity index (χ0v) is 13.7. The summed E-state index contributed by atoms with van der Waals surface area (Å²) in [6.45, 7) is 6.98. The van der Waals surface area contributed by atoms with Gasteiger partial charge in [0.15, 0.2) is 0 Å². The van der Waals surface area contributed by atoms with E-state index in [2.05, 4.69) is 5.32 Å². The van der Waals surface area contributed by atoms with Crippen molar-refractivity contribution < 1.29 is 14.0 Å². The summed E-state index contributed by atoms with van der Waals surface area (Å²) in [5, 5.41) is 2.90. The fraction of sp³-hybridized carbons (Fsp3) is 0.529. The summed E-state index contributed by atoms with van der Waals surface area (Å²) in [4.78, 5) is 28.0. The standard InChI is InChI=1S/C17H24FN3O2/c1-13(2)12-19-17(23)21-9-3-8-20(10-11-21)16(22)14-4-6-15(18)7-5-14/h4-7,13H,3,8-12H2,1-2H3,(H,19,23). The van der Waals surface area contributed by atoms with E-state index >= 15 is 0 Å². The number of hydrogen-bond donors (Lipinski definition) is 1. The van der Waals surface area contributed by atoms with Crippen LogP contribution in [0.5, 0.6) is 0 Å². The highest BCUT2D eigenvalue weighted by atomic mass is 19.1. The number of rotatable bonds is 3. The highest BCUT2D eigenvalue weighted by molar-refractivity contribution is 5.94. The Morgan fingerprint density at radius 3 is 2.35 bits per heavy atom. The molecule has 1 saturated heterocycles. The van der Waals surface area contributed by atoms with Gasteiger partial charge in [-0.25, -0.2) is 9.18 Å². The maximum Gasteiger partial charge on any atom is 0.317 e. The number of amides is 3. The molecule has 0 saturated carbocycles. The predicted molar refractivity (Wildman–Crippen MR) is 86.7 cm³/mol. The van der Waals surface area contributed by atoms with Gasteiger partial charge in [-0.15, -0.1) is 0 Å². The lowest BCUT2D eigenvalue weighted by Gasteiger charge is -2.23. The third kappa shape index (κ3) is 4.94. The van der Waals surface area contributed by atoms with Gasteiger partial charge in [0.2, 0.25) is 0 Å². The average molecular weight is 321 g/mol. The first-order chi connectivity index (χ1) is 11.0. The molecule has 1 aromatic rings. The second-order valence-electron chi connectivity index (χ2n) is 6.22. The van der Waals surface area contributed by atoms with Crippen LogP contribution >= 0.6 is 0 Å². The third-order valence-electron chi connectivity index (χ3n) is 3.82. The molecule has 0 spiro atoms. The monoisotopic (exact) mass is 321 g/mol. The quantitative estimate of drug-likeness (QED) is 0.929. The van der Waals surface area contributed by atoms with Crippen LogP contribution in [0.4, 0.5) is 9.18 Å². The Morgan fingerprint density at radius 2 is 1.70 bits per heavy atom. The Labute approximate surface area is 136 Å². The molecule has 1 fully saturated rings. The van der Waals surface area contributed by atoms with E-state index in [1.165, 1.54) is 24.3 Å². The summed E-state index contributed by atoms with van der Waals surface area (Å²) < 4.78 is 13.0. The molecule has 5 nitrogen and oxygen atoms in total. The Bertz CT molecular complexity index is 545. The molecule has 0 radical (unpaired) electrons. The molecule has 23 heavy (non-hydrogen) atoms.